The van der Waals surface area contributed by atoms with Gasteiger partial charge in [-0.25, -0.2) is 8.78 Å². The third-order valence-electron chi connectivity index (χ3n) is 2.70. The summed E-state index contributed by atoms with van der Waals surface area (Å²) in [6, 6.07) is 3.03. The van der Waals surface area contributed by atoms with Crippen molar-refractivity contribution in [1.29, 1.82) is 0 Å². The van der Waals surface area contributed by atoms with Crippen molar-refractivity contribution in [3.63, 3.8) is 0 Å². The minimum absolute atomic E-state index is 0. The molecule has 8 heteroatoms. The number of nitrogens with two attached hydrogens (primary N) is 1. The highest BCUT2D eigenvalue weighted by Crippen LogP contribution is 2.15. The van der Waals surface area contributed by atoms with Crippen LogP contribution in [-0.2, 0) is 4.79 Å². The molecule has 126 valence electrons. The monoisotopic (exact) mass is 338 g/mol. The molecule has 2 unspecified atom stereocenters. The Balaban J connectivity index is 0.00000441. The summed E-state index contributed by atoms with van der Waals surface area (Å²) in [4.78, 5) is 11.4. The lowest BCUT2D eigenvalue weighted by Gasteiger charge is -2.13. The lowest BCUT2D eigenvalue weighted by molar-refractivity contribution is -0.121. The third-order valence-corrected chi connectivity index (χ3v) is 2.70. The SMILES string of the molecule is CC(N)CCC(=O)NCC(O)COc1ccc(F)c(F)c1.Cl. The van der Waals surface area contributed by atoms with E-state index < -0.39 is 17.7 Å². The second-order valence-electron chi connectivity index (χ2n) is 4.86. The van der Waals surface area contributed by atoms with E-state index in [2.05, 4.69) is 5.32 Å². The molecule has 1 rings (SSSR count). The maximum absolute atomic E-state index is 12.9. The van der Waals surface area contributed by atoms with Gasteiger partial charge in [-0.3, -0.25) is 4.79 Å². The minimum Gasteiger partial charge on any atom is -0.491 e. The zero-order valence-corrected chi connectivity index (χ0v) is 13.0. The van der Waals surface area contributed by atoms with Crippen molar-refractivity contribution in [2.24, 2.45) is 5.73 Å². The smallest absolute Gasteiger partial charge is 0.220 e. The molecule has 4 N–H and O–H groups in total. The number of nitrogens with one attached hydrogen (secondary N) is 1. The Labute approximate surface area is 134 Å². The molecule has 1 amide bonds. The second kappa shape index (κ2) is 10.3. The first-order valence-electron chi connectivity index (χ1n) is 6.66. The van der Waals surface area contributed by atoms with Gasteiger partial charge in [0.15, 0.2) is 11.6 Å². The number of aliphatic hydroxyl groups is 1. The highest BCUT2D eigenvalue weighted by atomic mass is 35.5. The summed E-state index contributed by atoms with van der Waals surface area (Å²) in [5, 5.41) is 12.2. The summed E-state index contributed by atoms with van der Waals surface area (Å²) in [6.07, 6.45) is -0.0980. The Morgan fingerprint density at radius 1 is 1.41 bits per heavy atom. The normalized spacial score (nSPS) is 13.0. The number of aliphatic hydroxyl groups excluding tert-OH is 1. The van der Waals surface area contributed by atoms with Crippen LogP contribution in [0.25, 0.3) is 0 Å². The summed E-state index contributed by atoms with van der Waals surface area (Å²) in [7, 11) is 0. The molecule has 1 aromatic rings. The van der Waals surface area contributed by atoms with Gasteiger partial charge in [0.1, 0.15) is 18.5 Å². The number of halogens is 3. The van der Waals surface area contributed by atoms with Gasteiger partial charge in [-0.2, -0.15) is 0 Å². The van der Waals surface area contributed by atoms with E-state index in [-0.39, 0.29) is 49.7 Å². The first-order chi connectivity index (χ1) is 9.88. The van der Waals surface area contributed by atoms with Crippen molar-refractivity contribution in [3.05, 3.63) is 29.8 Å². The third kappa shape index (κ3) is 8.11. The quantitative estimate of drug-likeness (QED) is 0.668. The van der Waals surface area contributed by atoms with Crippen LogP contribution in [0.3, 0.4) is 0 Å². The molecular formula is C14H21ClF2N2O3. The number of ether oxygens (including phenoxy) is 1. The zero-order chi connectivity index (χ0) is 15.8. The summed E-state index contributed by atoms with van der Waals surface area (Å²) in [5.41, 5.74) is 5.52. The van der Waals surface area contributed by atoms with E-state index >= 15 is 0 Å². The van der Waals surface area contributed by atoms with Crippen LogP contribution < -0.4 is 15.8 Å². The second-order valence-corrected chi connectivity index (χ2v) is 4.86. The van der Waals surface area contributed by atoms with E-state index in [9.17, 15) is 18.7 Å². The van der Waals surface area contributed by atoms with Crippen molar-refractivity contribution in [2.75, 3.05) is 13.2 Å². The summed E-state index contributed by atoms with van der Waals surface area (Å²) < 4.78 is 30.7. The molecule has 0 aliphatic rings. The van der Waals surface area contributed by atoms with Crippen molar-refractivity contribution in [3.8, 4) is 5.75 Å². The molecule has 0 spiro atoms. The largest absolute Gasteiger partial charge is 0.491 e. The molecule has 0 heterocycles. The molecule has 0 saturated heterocycles. The van der Waals surface area contributed by atoms with Crippen LogP contribution in [0.5, 0.6) is 5.75 Å². The van der Waals surface area contributed by atoms with E-state index in [1.807, 2.05) is 0 Å². The molecule has 5 nitrogen and oxygen atoms in total. The van der Waals surface area contributed by atoms with Crippen LogP contribution in [0, 0.1) is 11.6 Å². The number of hydrogen-bond donors (Lipinski definition) is 3. The predicted molar refractivity (Wildman–Crippen MR) is 81.0 cm³/mol. The summed E-state index contributed by atoms with van der Waals surface area (Å²) in [5.74, 6) is -2.09. The predicted octanol–water partition coefficient (Wildman–Crippen LogP) is 1.37. The van der Waals surface area contributed by atoms with E-state index in [1.54, 1.807) is 6.92 Å². The van der Waals surface area contributed by atoms with E-state index in [4.69, 9.17) is 10.5 Å². The Morgan fingerprint density at radius 3 is 2.68 bits per heavy atom. The van der Waals surface area contributed by atoms with Gasteiger partial charge in [0.2, 0.25) is 5.91 Å². The average Bonchev–Trinajstić information content (AvgIpc) is 2.44. The molecule has 2 atom stereocenters. The Hall–Kier alpha value is -1.44. The van der Waals surface area contributed by atoms with Gasteiger partial charge < -0.3 is 20.9 Å². The van der Waals surface area contributed by atoms with Crippen LogP contribution in [0.15, 0.2) is 18.2 Å². The zero-order valence-electron chi connectivity index (χ0n) is 12.2. The Bertz CT molecular complexity index is 475. The van der Waals surface area contributed by atoms with Gasteiger partial charge in [0.25, 0.3) is 0 Å². The standard InChI is InChI=1S/C14H20F2N2O3.ClH/c1-9(17)2-5-14(20)18-7-10(19)8-21-11-3-4-12(15)13(16)6-11;/h3-4,6,9-10,19H,2,5,7-8,17H2,1H3,(H,18,20);1H. The molecule has 0 aromatic heterocycles. The topological polar surface area (TPSA) is 84.6 Å². The number of hydrogen-bond acceptors (Lipinski definition) is 4. The van der Waals surface area contributed by atoms with Crippen LogP contribution in [0.1, 0.15) is 19.8 Å². The average molecular weight is 339 g/mol. The Kier molecular flexibility index (Phi) is 9.64. The molecule has 0 bridgehead atoms. The molecule has 0 radical (unpaired) electrons. The van der Waals surface area contributed by atoms with Crippen LogP contribution in [0.4, 0.5) is 8.78 Å². The first kappa shape index (κ1) is 20.6. The van der Waals surface area contributed by atoms with Gasteiger partial charge in [-0.1, -0.05) is 0 Å². The van der Waals surface area contributed by atoms with Crippen LogP contribution in [-0.4, -0.2) is 36.3 Å². The van der Waals surface area contributed by atoms with Gasteiger partial charge in [-0.15, -0.1) is 12.4 Å². The van der Waals surface area contributed by atoms with Crippen molar-refractivity contribution in [1.82, 2.24) is 5.32 Å². The van der Waals surface area contributed by atoms with E-state index in [0.29, 0.717) is 6.42 Å². The number of carbonyl (C=O) groups excluding carboxylic acids is 1. The van der Waals surface area contributed by atoms with Crippen molar-refractivity contribution < 1.29 is 23.4 Å². The van der Waals surface area contributed by atoms with Gasteiger partial charge >= 0.3 is 0 Å². The Morgan fingerprint density at radius 2 is 2.09 bits per heavy atom. The van der Waals surface area contributed by atoms with Gasteiger partial charge in [0.05, 0.1) is 0 Å². The number of benzene rings is 1. The van der Waals surface area contributed by atoms with Crippen molar-refractivity contribution in [2.45, 2.75) is 31.9 Å². The molecule has 22 heavy (non-hydrogen) atoms. The fourth-order valence-electron chi connectivity index (χ4n) is 1.50. The van der Waals surface area contributed by atoms with Gasteiger partial charge in [0, 0.05) is 25.1 Å². The summed E-state index contributed by atoms with van der Waals surface area (Å²) in [6.45, 7) is 1.68. The molecular weight excluding hydrogens is 318 g/mol. The van der Waals surface area contributed by atoms with Gasteiger partial charge in [-0.05, 0) is 25.5 Å². The number of rotatable bonds is 8. The number of amides is 1. The van der Waals surface area contributed by atoms with E-state index in [0.717, 1.165) is 12.1 Å². The first-order valence-corrected chi connectivity index (χ1v) is 6.66. The highest BCUT2D eigenvalue weighted by Gasteiger charge is 2.10. The lowest BCUT2D eigenvalue weighted by Crippen LogP contribution is -2.35. The van der Waals surface area contributed by atoms with E-state index in [1.165, 1.54) is 6.07 Å². The van der Waals surface area contributed by atoms with Crippen molar-refractivity contribution >= 4 is 18.3 Å². The fourth-order valence-corrected chi connectivity index (χ4v) is 1.50. The maximum atomic E-state index is 12.9. The maximum Gasteiger partial charge on any atom is 0.220 e. The van der Waals surface area contributed by atoms with Crippen LogP contribution in [0.2, 0.25) is 0 Å². The van der Waals surface area contributed by atoms with Crippen LogP contribution >= 0.6 is 12.4 Å². The molecule has 1 aromatic carbocycles. The highest BCUT2D eigenvalue weighted by molar-refractivity contribution is 5.85. The number of carbonyl (C=O) groups is 1. The fraction of sp³-hybridized carbons (Fsp3) is 0.500. The molecule has 0 aliphatic carbocycles. The molecule has 0 fully saturated rings. The lowest BCUT2D eigenvalue weighted by atomic mass is 10.2. The molecule has 0 saturated carbocycles. The minimum atomic E-state index is -1.02. The summed E-state index contributed by atoms with van der Waals surface area (Å²) >= 11 is 0. The molecule has 0 aliphatic heterocycles.